The van der Waals surface area contributed by atoms with Crippen molar-refractivity contribution in [3.8, 4) is 0 Å². The third-order valence-corrected chi connectivity index (χ3v) is 4.04. The Morgan fingerprint density at radius 3 is 2.36 bits per heavy atom. The zero-order chi connectivity index (χ0) is 17.5. The molecule has 0 spiro atoms. The molecule has 3 nitrogen and oxygen atoms in total. The third kappa shape index (κ3) is 4.73. The molecular weight excluding hydrogens is 315 g/mol. The number of benzene rings is 2. The molecule has 0 saturated carbocycles. The van der Waals surface area contributed by atoms with E-state index in [1.807, 2.05) is 48.5 Å². The minimum Gasteiger partial charge on any atom is -0.351 e. The van der Waals surface area contributed by atoms with Gasteiger partial charge in [-0.2, -0.15) is 0 Å². The second-order valence-corrected chi connectivity index (χ2v) is 5.83. The molecule has 0 saturated heterocycles. The summed E-state index contributed by atoms with van der Waals surface area (Å²) in [5.41, 5.74) is 2.68. The van der Waals surface area contributed by atoms with Crippen LogP contribution in [0.5, 0.6) is 0 Å². The molecule has 1 unspecified atom stereocenters. The summed E-state index contributed by atoms with van der Waals surface area (Å²) in [5.74, 6) is -0.676. The summed E-state index contributed by atoms with van der Waals surface area (Å²) in [4.78, 5) is 17.1. The van der Waals surface area contributed by atoms with E-state index in [1.54, 1.807) is 18.3 Å². The van der Waals surface area contributed by atoms with Crippen molar-refractivity contribution in [2.75, 3.05) is 0 Å². The first-order valence-electron chi connectivity index (χ1n) is 8.19. The van der Waals surface area contributed by atoms with Crippen molar-refractivity contribution in [1.82, 2.24) is 10.3 Å². The molecule has 0 bridgehead atoms. The quantitative estimate of drug-likeness (QED) is 0.744. The number of pyridine rings is 1. The Morgan fingerprint density at radius 2 is 1.68 bits per heavy atom. The molecule has 1 N–H and O–H groups in total. The smallest absolute Gasteiger partial charge is 0.228 e. The van der Waals surface area contributed by atoms with Gasteiger partial charge in [0.25, 0.3) is 0 Å². The van der Waals surface area contributed by atoms with Crippen molar-refractivity contribution in [1.29, 1.82) is 0 Å². The molecule has 1 amide bonds. The minimum absolute atomic E-state index is 0.0684. The van der Waals surface area contributed by atoms with Crippen LogP contribution in [0.1, 0.15) is 22.7 Å². The maximum Gasteiger partial charge on any atom is 0.228 e. The van der Waals surface area contributed by atoms with Crippen LogP contribution in [-0.4, -0.2) is 10.9 Å². The summed E-state index contributed by atoms with van der Waals surface area (Å²) in [7, 11) is 0. The van der Waals surface area contributed by atoms with Crippen LogP contribution in [0.25, 0.3) is 0 Å². The summed E-state index contributed by atoms with van der Waals surface area (Å²) >= 11 is 0. The molecule has 1 heterocycles. The zero-order valence-corrected chi connectivity index (χ0v) is 13.7. The number of aromatic nitrogens is 1. The van der Waals surface area contributed by atoms with E-state index < -0.39 is 0 Å². The molecule has 0 radical (unpaired) electrons. The summed E-state index contributed by atoms with van der Waals surface area (Å²) in [6.45, 7) is 0.366. The van der Waals surface area contributed by atoms with E-state index in [9.17, 15) is 9.18 Å². The summed E-state index contributed by atoms with van der Waals surface area (Å²) in [6.07, 6.45) is 2.26. The Morgan fingerprint density at radius 1 is 0.960 bits per heavy atom. The lowest BCUT2D eigenvalue weighted by Gasteiger charge is -2.17. The van der Waals surface area contributed by atoms with Gasteiger partial charge >= 0.3 is 0 Å². The maximum atomic E-state index is 13.0. The molecular formula is C21H19FN2O. The van der Waals surface area contributed by atoms with Crippen LogP contribution in [0.2, 0.25) is 0 Å². The fourth-order valence-corrected chi connectivity index (χ4v) is 2.69. The van der Waals surface area contributed by atoms with Gasteiger partial charge in [0.2, 0.25) is 5.91 Å². The second-order valence-electron chi connectivity index (χ2n) is 5.83. The highest BCUT2D eigenvalue weighted by molar-refractivity contribution is 5.83. The second kappa shape index (κ2) is 8.20. The number of amides is 1. The van der Waals surface area contributed by atoms with E-state index >= 15 is 0 Å². The number of carbonyl (C=O) groups is 1. The van der Waals surface area contributed by atoms with Gasteiger partial charge in [-0.15, -0.1) is 0 Å². The highest BCUT2D eigenvalue weighted by Gasteiger charge is 2.21. The Hall–Kier alpha value is -3.01. The molecule has 1 aromatic heterocycles. The van der Waals surface area contributed by atoms with Gasteiger partial charge in [-0.3, -0.25) is 9.78 Å². The van der Waals surface area contributed by atoms with Gasteiger partial charge < -0.3 is 5.32 Å². The molecule has 1 atom stereocenters. The lowest BCUT2D eigenvalue weighted by atomic mass is 9.93. The third-order valence-electron chi connectivity index (χ3n) is 4.04. The van der Waals surface area contributed by atoms with Crippen molar-refractivity contribution in [3.05, 3.63) is 102 Å². The van der Waals surface area contributed by atoms with E-state index in [2.05, 4.69) is 10.3 Å². The van der Waals surface area contributed by atoms with Crippen LogP contribution in [0.3, 0.4) is 0 Å². The Bertz CT molecular complexity index is 804. The molecule has 3 aromatic rings. The van der Waals surface area contributed by atoms with E-state index in [1.165, 1.54) is 12.1 Å². The number of nitrogens with zero attached hydrogens (tertiary/aromatic N) is 1. The predicted octanol–water partition coefficient (Wildman–Crippen LogP) is 3.86. The highest BCUT2D eigenvalue weighted by Crippen LogP contribution is 2.20. The van der Waals surface area contributed by atoms with E-state index in [4.69, 9.17) is 0 Å². The number of hydrogen-bond acceptors (Lipinski definition) is 2. The predicted molar refractivity (Wildman–Crippen MR) is 95.4 cm³/mol. The molecule has 4 heteroatoms. The highest BCUT2D eigenvalue weighted by atomic mass is 19.1. The number of rotatable bonds is 6. The fraction of sp³-hybridized carbons (Fsp3) is 0.143. The SMILES string of the molecule is O=C(NCc1ccc(F)cc1)C(Cc1ccccn1)c1ccccc1. The summed E-state index contributed by atoms with van der Waals surface area (Å²) < 4.78 is 13.0. The molecule has 126 valence electrons. The molecule has 0 aliphatic carbocycles. The van der Waals surface area contributed by atoms with Crippen molar-refractivity contribution in [3.63, 3.8) is 0 Å². The fourth-order valence-electron chi connectivity index (χ4n) is 2.69. The Balaban J connectivity index is 1.74. The minimum atomic E-state index is -0.323. The standard InChI is InChI=1S/C21H19FN2O/c22-18-11-9-16(10-12-18)15-24-21(25)20(17-6-2-1-3-7-17)14-19-8-4-5-13-23-19/h1-13,20H,14-15H2,(H,24,25). The first-order chi connectivity index (χ1) is 12.2. The number of halogens is 1. The molecule has 0 fully saturated rings. The lowest BCUT2D eigenvalue weighted by Crippen LogP contribution is -2.30. The summed E-state index contributed by atoms with van der Waals surface area (Å²) in [6, 6.07) is 21.5. The Labute approximate surface area is 146 Å². The van der Waals surface area contributed by atoms with Crippen molar-refractivity contribution in [2.24, 2.45) is 0 Å². The Kier molecular flexibility index (Phi) is 5.52. The van der Waals surface area contributed by atoms with Crippen LogP contribution < -0.4 is 5.32 Å². The van der Waals surface area contributed by atoms with Crippen LogP contribution in [0.15, 0.2) is 79.0 Å². The maximum absolute atomic E-state index is 13.0. The van der Waals surface area contributed by atoms with Crippen LogP contribution in [0, 0.1) is 5.82 Å². The monoisotopic (exact) mass is 334 g/mol. The normalized spacial score (nSPS) is 11.7. The largest absolute Gasteiger partial charge is 0.351 e. The first-order valence-corrected chi connectivity index (χ1v) is 8.19. The van der Waals surface area contributed by atoms with Gasteiger partial charge in [0.05, 0.1) is 5.92 Å². The molecule has 25 heavy (non-hydrogen) atoms. The van der Waals surface area contributed by atoms with Gasteiger partial charge in [0.15, 0.2) is 0 Å². The average Bonchev–Trinajstić information content (AvgIpc) is 2.67. The van der Waals surface area contributed by atoms with E-state index in [0.717, 1.165) is 16.8 Å². The van der Waals surface area contributed by atoms with Crippen LogP contribution in [-0.2, 0) is 17.8 Å². The van der Waals surface area contributed by atoms with Crippen LogP contribution in [0.4, 0.5) is 4.39 Å². The molecule has 0 aliphatic rings. The molecule has 2 aromatic carbocycles. The molecule has 0 aliphatic heterocycles. The lowest BCUT2D eigenvalue weighted by molar-refractivity contribution is -0.122. The number of nitrogens with one attached hydrogen (secondary N) is 1. The van der Waals surface area contributed by atoms with Gasteiger partial charge in [0.1, 0.15) is 5.82 Å². The summed E-state index contributed by atoms with van der Waals surface area (Å²) in [5, 5.41) is 2.95. The van der Waals surface area contributed by atoms with E-state index in [-0.39, 0.29) is 17.6 Å². The first kappa shape index (κ1) is 16.8. The van der Waals surface area contributed by atoms with Crippen molar-refractivity contribution < 1.29 is 9.18 Å². The number of hydrogen-bond donors (Lipinski definition) is 1. The zero-order valence-electron chi connectivity index (χ0n) is 13.7. The van der Waals surface area contributed by atoms with Gasteiger partial charge in [-0.1, -0.05) is 48.5 Å². The number of carbonyl (C=O) groups excluding carboxylic acids is 1. The van der Waals surface area contributed by atoms with Crippen LogP contribution >= 0.6 is 0 Å². The van der Waals surface area contributed by atoms with Gasteiger partial charge in [-0.25, -0.2) is 4.39 Å². The average molecular weight is 334 g/mol. The van der Waals surface area contributed by atoms with E-state index in [0.29, 0.717) is 13.0 Å². The van der Waals surface area contributed by atoms with Gasteiger partial charge in [-0.05, 0) is 35.4 Å². The van der Waals surface area contributed by atoms with Gasteiger partial charge in [0, 0.05) is 24.9 Å². The topological polar surface area (TPSA) is 42.0 Å². The molecule has 3 rings (SSSR count). The van der Waals surface area contributed by atoms with Crippen molar-refractivity contribution in [2.45, 2.75) is 18.9 Å². The van der Waals surface area contributed by atoms with Crippen molar-refractivity contribution >= 4 is 5.91 Å².